The molecule has 0 saturated heterocycles. The van der Waals surface area contributed by atoms with Crippen molar-refractivity contribution in [3.05, 3.63) is 29.8 Å². The molecule has 0 bridgehead atoms. The normalized spacial score (nSPS) is 18.1. The number of hydrogen-bond donors (Lipinski definition) is 1. The van der Waals surface area contributed by atoms with E-state index in [1.165, 1.54) is 57.8 Å². The zero-order chi connectivity index (χ0) is 20.4. The minimum atomic E-state index is -3.46. The maximum atomic E-state index is 13.0. The molecule has 160 valence electrons. The number of benzene rings is 1. The Morgan fingerprint density at radius 2 is 1.57 bits per heavy atom. The van der Waals surface area contributed by atoms with Crippen molar-refractivity contribution in [2.75, 3.05) is 0 Å². The highest BCUT2D eigenvalue weighted by Gasteiger charge is 2.31. The molecule has 4 heteroatoms. The second kappa shape index (κ2) is 12.0. The SMILES string of the molecule is CCCCCCCCC(C)C(NS(=O)(=O)c1ccc(C)cc1)C1CCCCC1. The van der Waals surface area contributed by atoms with E-state index in [-0.39, 0.29) is 6.04 Å². The van der Waals surface area contributed by atoms with Gasteiger partial charge in [-0.05, 0) is 50.2 Å². The van der Waals surface area contributed by atoms with Crippen LogP contribution in [0.25, 0.3) is 0 Å². The average Bonchev–Trinajstić information content (AvgIpc) is 2.69. The van der Waals surface area contributed by atoms with Crippen LogP contribution in [0.4, 0.5) is 0 Å². The Morgan fingerprint density at radius 3 is 2.21 bits per heavy atom. The Kier molecular flexibility index (Phi) is 10.0. The average molecular weight is 408 g/mol. The molecule has 1 aromatic carbocycles. The summed E-state index contributed by atoms with van der Waals surface area (Å²) in [6.45, 7) is 6.48. The Morgan fingerprint density at radius 1 is 0.964 bits per heavy atom. The Bertz CT molecular complexity index is 648. The van der Waals surface area contributed by atoms with Crippen molar-refractivity contribution in [2.24, 2.45) is 11.8 Å². The van der Waals surface area contributed by atoms with Crippen molar-refractivity contribution in [2.45, 2.75) is 109 Å². The van der Waals surface area contributed by atoms with E-state index >= 15 is 0 Å². The van der Waals surface area contributed by atoms with Gasteiger partial charge in [-0.1, -0.05) is 89.3 Å². The van der Waals surface area contributed by atoms with Gasteiger partial charge in [0.05, 0.1) is 4.90 Å². The lowest BCUT2D eigenvalue weighted by molar-refractivity contribution is 0.227. The predicted octanol–water partition coefficient (Wildman–Crippen LogP) is 6.61. The van der Waals surface area contributed by atoms with Crippen molar-refractivity contribution in [3.63, 3.8) is 0 Å². The van der Waals surface area contributed by atoms with Crippen molar-refractivity contribution < 1.29 is 8.42 Å². The number of unbranched alkanes of at least 4 members (excludes halogenated alkanes) is 5. The molecule has 0 aromatic heterocycles. The highest BCUT2D eigenvalue weighted by molar-refractivity contribution is 7.89. The zero-order valence-electron chi connectivity index (χ0n) is 18.3. The van der Waals surface area contributed by atoms with Crippen LogP contribution in [0, 0.1) is 18.8 Å². The first-order chi connectivity index (χ1) is 13.4. The van der Waals surface area contributed by atoms with E-state index in [1.54, 1.807) is 12.1 Å². The van der Waals surface area contributed by atoms with Crippen molar-refractivity contribution >= 4 is 10.0 Å². The molecule has 3 nitrogen and oxygen atoms in total. The smallest absolute Gasteiger partial charge is 0.208 e. The Labute approximate surface area is 173 Å². The first-order valence-corrected chi connectivity index (χ1v) is 13.0. The summed E-state index contributed by atoms with van der Waals surface area (Å²) in [5.41, 5.74) is 1.08. The van der Waals surface area contributed by atoms with Crippen LogP contribution < -0.4 is 4.72 Å². The maximum absolute atomic E-state index is 13.0. The van der Waals surface area contributed by atoms with E-state index in [2.05, 4.69) is 18.6 Å². The second-order valence-corrected chi connectivity index (χ2v) is 10.6. The lowest BCUT2D eigenvalue weighted by Crippen LogP contribution is -2.45. The van der Waals surface area contributed by atoms with E-state index in [0.717, 1.165) is 24.8 Å². The molecule has 1 fully saturated rings. The molecule has 2 atom stereocenters. The van der Waals surface area contributed by atoms with E-state index in [1.807, 2.05) is 19.1 Å². The van der Waals surface area contributed by atoms with E-state index in [9.17, 15) is 8.42 Å². The van der Waals surface area contributed by atoms with Gasteiger partial charge >= 0.3 is 0 Å². The molecule has 2 unspecified atom stereocenters. The van der Waals surface area contributed by atoms with Gasteiger partial charge in [0.15, 0.2) is 0 Å². The topological polar surface area (TPSA) is 46.2 Å². The minimum absolute atomic E-state index is 0.0576. The van der Waals surface area contributed by atoms with Crippen LogP contribution in [0.2, 0.25) is 0 Å². The predicted molar refractivity (Wildman–Crippen MR) is 119 cm³/mol. The van der Waals surface area contributed by atoms with Gasteiger partial charge < -0.3 is 0 Å². The van der Waals surface area contributed by atoms with Crippen molar-refractivity contribution in [1.29, 1.82) is 0 Å². The van der Waals surface area contributed by atoms with E-state index in [4.69, 9.17) is 0 Å². The molecule has 0 heterocycles. The quantitative estimate of drug-likeness (QED) is 0.396. The molecule has 0 amide bonds. The number of aryl methyl sites for hydroxylation is 1. The summed E-state index contributed by atoms with van der Waals surface area (Å²) in [4.78, 5) is 0.394. The van der Waals surface area contributed by atoms with Crippen LogP contribution in [0.1, 0.15) is 96.5 Å². The second-order valence-electron chi connectivity index (χ2n) is 8.89. The number of sulfonamides is 1. The van der Waals surface area contributed by atoms with Crippen LogP contribution in [0.3, 0.4) is 0 Å². The molecular formula is C24H41NO2S. The summed E-state index contributed by atoms with van der Waals surface area (Å²) >= 11 is 0. The van der Waals surface area contributed by atoms with Gasteiger partial charge in [-0.15, -0.1) is 0 Å². The monoisotopic (exact) mass is 407 g/mol. The maximum Gasteiger partial charge on any atom is 0.240 e. The summed E-state index contributed by atoms with van der Waals surface area (Å²) in [6, 6.07) is 7.28. The van der Waals surface area contributed by atoms with Gasteiger partial charge in [0.25, 0.3) is 0 Å². The highest BCUT2D eigenvalue weighted by atomic mass is 32.2. The molecule has 0 spiro atoms. The fourth-order valence-corrected chi connectivity index (χ4v) is 5.97. The summed E-state index contributed by atoms with van der Waals surface area (Å²) < 4.78 is 29.2. The molecule has 1 N–H and O–H groups in total. The molecular weight excluding hydrogens is 366 g/mol. The third-order valence-corrected chi connectivity index (χ3v) is 7.88. The summed E-state index contributed by atoms with van der Waals surface area (Å²) in [6.07, 6.45) is 14.9. The first-order valence-electron chi connectivity index (χ1n) is 11.5. The summed E-state index contributed by atoms with van der Waals surface area (Å²) in [7, 11) is -3.46. The molecule has 0 radical (unpaired) electrons. The number of nitrogens with one attached hydrogen (secondary N) is 1. The van der Waals surface area contributed by atoms with Gasteiger partial charge in [-0.25, -0.2) is 13.1 Å². The van der Waals surface area contributed by atoms with Crippen LogP contribution in [-0.2, 0) is 10.0 Å². The third-order valence-electron chi connectivity index (χ3n) is 6.41. The largest absolute Gasteiger partial charge is 0.240 e. The van der Waals surface area contributed by atoms with Crippen LogP contribution in [0.15, 0.2) is 29.2 Å². The third kappa shape index (κ3) is 7.51. The highest BCUT2D eigenvalue weighted by Crippen LogP contribution is 2.32. The Balaban J connectivity index is 2.01. The van der Waals surface area contributed by atoms with Crippen molar-refractivity contribution in [1.82, 2.24) is 4.72 Å². The molecule has 0 aliphatic heterocycles. The summed E-state index contributed by atoms with van der Waals surface area (Å²) in [5, 5.41) is 0. The lowest BCUT2D eigenvalue weighted by Gasteiger charge is -2.35. The molecule has 1 saturated carbocycles. The van der Waals surface area contributed by atoms with Crippen molar-refractivity contribution in [3.8, 4) is 0 Å². The molecule has 28 heavy (non-hydrogen) atoms. The van der Waals surface area contributed by atoms with Crippen LogP contribution >= 0.6 is 0 Å². The number of hydrogen-bond acceptors (Lipinski definition) is 2. The van der Waals surface area contributed by atoms with Gasteiger partial charge in [-0.2, -0.15) is 0 Å². The minimum Gasteiger partial charge on any atom is -0.208 e. The van der Waals surface area contributed by atoms with Gasteiger partial charge in [0.2, 0.25) is 10.0 Å². The molecule has 1 aromatic rings. The summed E-state index contributed by atoms with van der Waals surface area (Å²) in [5.74, 6) is 0.860. The van der Waals surface area contributed by atoms with Crippen LogP contribution in [0.5, 0.6) is 0 Å². The molecule has 1 aliphatic carbocycles. The van der Waals surface area contributed by atoms with Gasteiger partial charge in [0.1, 0.15) is 0 Å². The van der Waals surface area contributed by atoms with Crippen LogP contribution in [-0.4, -0.2) is 14.5 Å². The lowest BCUT2D eigenvalue weighted by atomic mass is 9.78. The standard InChI is InChI=1S/C24H41NO2S/c1-4-5-6-7-8-10-13-21(3)24(22-14-11-9-12-15-22)25-28(26,27)23-18-16-20(2)17-19-23/h16-19,21-22,24-25H,4-15H2,1-3H3. The Hall–Kier alpha value is -0.870. The molecule has 1 aliphatic rings. The van der Waals surface area contributed by atoms with Gasteiger partial charge in [-0.3, -0.25) is 0 Å². The fraction of sp³-hybridized carbons (Fsp3) is 0.750. The fourth-order valence-electron chi connectivity index (χ4n) is 4.56. The number of rotatable bonds is 12. The first kappa shape index (κ1) is 23.4. The van der Waals surface area contributed by atoms with E-state index < -0.39 is 10.0 Å². The molecule has 2 rings (SSSR count). The zero-order valence-corrected chi connectivity index (χ0v) is 19.1. The van der Waals surface area contributed by atoms with E-state index in [0.29, 0.717) is 16.7 Å². The van der Waals surface area contributed by atoms with Gasteiger partial charge in [0, 0.05) is 6.04 Å².